The summed E-state index contributed by atoms with van der Waals surface area (Å²) in [5.74, 6) is 1.49. The quantitative estimate of drug-likeness (QED) is 0.906. The second-order valence-corrected chi connectivity index (χ2v) is 5.52. The second kappa shape index (κ2) is 4.58. The molecule has 86 valence electrons. The fourth-order valence-electron chi connectivity index (χ4n) is 1.82. The van der Waals surface area contributed by atoms with Crippen LogP contribution < -0.4 is 5.32 Å². The molecule has 0 radical (unpaired) electrons. The first-order valence-corrected chi connectivity index (χ1v) is 6.41. The molecule has 0 aromatic heterocycles. The van der Waals surface area contributed by atoms with Gasteiger partial charge in [0.1, 0.15) is 0 Å². The zero-order valence-corrected chi connectivity index (χ0v) is 11.2. The maximum atomic E-state index is 11.9. The fourth-order valence-corrected chi connectivity index (χ4v) is 2.24. The fraction of sp³-hybridized carbons (Fsp3) is 0.462. The number of carbonyl (C=O) groups excluding carboxylic acids is 1. The molecular weight excluding hydrogens is 266 g/mol. The van der Waals surface area contributed by atoms with Gasteiger partial charge in [0.2, 0.25) is 0 Å². The Morgan fingerprint density at radius 3 is 2.88 bits per heavy atom. The first kappa shape index (κ1) is 11.6. The molecule has 0 bridgehead atoms. The van der Waals surface area contributed by atoms with Crippen molar-refractivity contribution in [2.75, 3.05) is 6.54 Å². The summed E-state index contributed by atoms with van der Waals surface area (Å²) in [7, 11) is 0. The molecule has 2 rings (SSSR count). The molecule has 0 aliphatic heterocycles. The van der Waals surface area contributed by atoms with Crippen molar-refractivity contribution in [3.05, 3.63) is 33.8 Å². The molecule has 0 heterocycles. The van der Waals surface area contributed by atoms with Crippen molar-refractivity contribution in [1.29, 1.82) is 0 Å². The van der Waals surface area contributed by atoms with Gasteiger partial charge in [-0.15, -0.1) is 0 Å². The predicted octanol–water partition coefficient (Wildman–Crippen LogP) is 3.14. The topological polar surface area (TPSA) is 29.1 Å². The van der Waals surface area contributed by atoms with E-state index >= 15 is 0 Å². The highest BCUT2D eigenvalue weighted by Gasteiger charge is 2.32. The number of halogens is 1. The summed E-state index contributed by atoms with van der Waals surface area (Å²) in [6.45, 7) is 5.02. The molecule has 0 spiro atoms. The largest absolute Gasteiger partial charge is 0.352 e. The Balaban J connectivity index is 1.99. The van der Waals surface area contributed by atoms with E-state index in [1.807, 2.05) is 25.1 Å². The number of rotatable bonds is 3. The molecule has 2 unspecified atom stereocenters. The summed E-state index contributed by atoms with van der Waals surface area (Å²) in [5, 5.41) is 2.99. The van der Waals surface area contributed by atoms with Crippen LogP contribution in [0.5, 0.6) is 0 Å². The van der Waals surface area contributed by atoms with Gasteiger partial charge in [0.05, 0.1) is 5.56 Å². The molecule has 1 amide bonds. The number of nitrogens with one attached hydrogen (secondary N) is 1. The van der Waals surface area contributed by atoms with Crippen molar-refractivity contribution < 1.29 is 4.79 Å². The number of carbonyl (C=O) groups is 1. The lowest BCUT2D eigenvalue weighted by Gasteiger charge is -2.07. The minimum atomic E-state index is 0.0228. The third-order valence-corrected chi connectivity index (χ3v) is 3.86. The molecule has 1 aliphatic carbocycles. The Kier molecular flexibility index (Phi) is 3.33. The van der Waals surface area contributed by atoms with E-state index < -0.39 is 0 Å². The maximum absolute atomic E-state index is 11.9. The normalized spacial score (nSPS) is 22.9. The van der Waals surface area contributed by atoms with Gasteiger partial charge in [-0.05, 0) is 53.2 Å². The summed E-state index contributed by atoms with van der Waals surface area (Å²) < 4.78 is 0.861. The van der Waals surface area contributed by atoms with Crippen molar-refractivity contribution in [2.24, 2.45) is 11.8 Å². The zero-order chi connectivity index (χ0) is 11.7. The monoisotopic (exact) mass is 281 g/mol. The van der Waals surface area contributed by atoms with Crippen LogP contribution in [0.15, 0.2) is 22.7 Å². The van der Waals surface area contributed by atoms with E-state index in [9.17, 15) is 4.79 Å². The van der Waals surface area contributed by atoms with Gasteiger partial charge in [0.25, 0.3) is 5.91 Å². The van der Waals surface area contributed by atoms with Crippen LogP contribution in [0.25, 0.3) is 0 Å². The van der Waals surface area contributed by atoms with Gasteiger partial charge in [0, 0.05) is 11.0 Å². The van der Waals surface area contributed by atoms with Gasteiger partial charge in [-0.25, -0.2) is 0 Å². The van der Waals surface area contributed by atoms with Crippen LogP contribution in [0.4, 0.5) is 0 Å². The number of hydrogen-bond acceptors (Lipinski definition) is 1. The van der Waals surface area contributed by atoms with Gasteiger partial charge in [-0.2, -0.15) is 0 Å². The molecule has 1 aromatic carbocycles. The Labute approximate surface area is 105 Å². The Bertz CT molecular complexity index is 416. The van der Waals surface area contributed by atoms with Crippen LogP contribution in [-0.4, -0.2) is 12.5 Å². The minimum Gasteiger partial charge on any atom is -0.352 e. The van der Waals surface area contributed by atoms with Gasteiger partial charge < -0.3 is 5.32 Å². The predicted molar refractivity (Wildman–Crippen MR) is 68.5 cm³/mol. The van der Waals surface area contributed by atoms with E-state index in [2.05, 4.69) is 28.2 Å². The Hall–Kier alpha value is -0.830. The van der Waals surface area contributed by atoms with Crippen molar-refractivity contribution in [2.45, 2.75) is 20.3 Å². The van der Waals surface area contributed by atoms with E-state index in [-0.39, 0.29) is 5.91 Å². The lowest BCUT2D eigenvalue weighted by molar-refractivity contribution is 0.0950. The molecule has 2 nitrogen and oxygen atoms in total. The van der Waals surface area contributed by atoms with Crippen LogP contribution in [0.3, 0.4) is 0 Å². The van der Waals surface area contributed by atoms with E-state index in [1.54, 1.807) is 0 Å². The summed E-state index contributed by atoms with van der Waals surface area (Å²) in [5.41, 5.74) is 1.83. The lowest BCUT2D eigenvalue weighted by Crippen LogP contribution is -2.26. The second-order valence-electron chi connectivity index (χ2n) is 4.67. The molecule has 1 fully saturated rings. The summed E-state index contributed by atoms with van der Waals surface area (Å²) in [6, 6.07) is 5.82. The van der Waals surface area contributed by atoms with Crippen molar-refractivity contribution in [3.63, 3.8) is 0 Å². The van der Waals surface area contributed by atoms with Gasteiger partial charge in [-0.1, -0.05) is 18.6 Å². The van der Waals surface area contributed by atoms with Gasteiger partial charge in [0.15, 0.2) is 0 Å². The highest BCUT2D eigenvalue weighted by molar-refractivity contribution is 9.10. The number of hydrogen-bond donors (Lipinski definition) is 1. The van der Waals surface area contributed by atoms with E-state index in [0.717, 1.165) is 28.1 Å². The smallest absolute Gasteiger partial charge is 0.252 e. The van der Waals surface area contributed by atoms with Crippen LogP contribution in [0, 0.1) is 18.8 Å². The van der Waals surface area contributed by atoms with Gasteiger partial charge >= 0.3 is 0 Å². The highest BCUT2D eigenvalue weighted by atomic mass is 79.9. The Morgan fingerprint density at radius 1 is 1.56 bits per heavy atom. The molecule has 3 heteroatoms. The SMILES string of the molecule is Cc1ccc(Br)c(C(=O)NCC2CC2C)c1. The van der Waals surface area contributed by atoms with Crippen LogP contribution in [0.1, 0.15) is 29.3 Å². The molecule has 1 aromatic rings. The third kappa shape index (κ3) is 2.64. The standard InChI is InChI=1S/C13H16BrNO/c1-8-3-4-12(14)11(5-8)13(16)15-7-10-6-9(10)2/h3-5,9-10H,6-7H2,1-2H3,(H,15,16). The number of aryl methyl sites for hydroxylation is 1. The first-order chi connectivity index (χ1) is 7.58. The van der Waals surface area contributed by atoms with Crippen LogP contribution in [0.2, 0.25) is 0 Å². The summed E-state index contributed by atoms with van der Waals surface area (Å²) in [6.07, 6.45) is 1.25. The first-order valence-electron chi connectivity index (χ1n) is 5.62. The van der Waals surface area contributed by atoms with Gasteiger partial charge in [-0.3, -0.25) is 4.79 Å². The molecule has 0 saturated heterocycles. The average molecular weight is 282 g/mol. The number of amides is 1. The van der Waals surface area contributed by atoms with Crippen LogP contribution in [-0.2, 0) is 0 Å². The molecule has 16 heavy (non-hydrogen) atoms. The highest BCUT2D eigenvalue weighted by Crippen LogP contribution is 2.36. The van der Waals surface area contributed by atoms with E-state index in [1.165, 1.54) is 6.42 Å². The van der Waals surface area contributed by atoms with Crippen molar-refractivity contribution in [1.82, 2.24) is 5.32 Å². The van der Waals surface area contributed by atoms with Crippen molar-refractivity contribution in [3.8, 4) is 0 Å². The molecule has 1 saturated carbocycles. The van der Waals surface area contributed by atoms with Crippen LogP contribution >= 0.6 is 15.9 Å². The van der Waals surface area contributed by atoms with Crippen molar-refractivity contribution >= 4 is 21.8 Å². The maximum Gasteiger partial charge on any atom is 0.252 e. The number of benzene rings is 1. The molecule has 1 N–H and O–H groups in total. The lowest BCUT2D eigenvalue weighted by atomic mass is 10.1. The average Bonchev–Trinajstić information content (AvgIpc) is 2.95. The molecule has 2 atom stereocenters. The Morgan fingerprint density at radius 2 is 2.25 bits per heavy atom. The molecule has 1 aliphatic rings. The minimum absolute atomic E-state index is 0.0228. The third-order valence-electron chi connectivity index (χ3n) is 3.17. The van der Waals surface area contributed by atoms with E-state index in [4.69, 9.17) is 0 Å². The van der Waals surface area contributed by atoms with E-state index in [0.29, 0.717) is 5.92 Å². The summed E-state index contributed by atoms with van der Waals surface area (Å²) in [4.78, 5) is 11.9. The zero-order valence-electron chi connectivity index (χ0n) is 9.59. The summed E-state index contributed by atoms with van der Waals surface area (Å²) >= 11 is 3.40. The molecular formula is C13H16BrNO.